The molecule has 2 heterocycles. The van der Waals surface area contributed by atoms with Crippen LogP contribution < -0.4 is 18.5 Å². The van der Waals surface area contributed by atoms with Gasteiger partial charge in [-0.3, -0.25) is 0 Å². The number of halogens is 3. The number of carbonyl (C=O) groups is 1. The van der Waals surface area contributed by atoms with Gasteiger partial charge in [0.25, 0.3) is 10.0 Å². The quantitative estimate of drug-likeness (QED) is 0.152. The second-order valence-corrected chi connectivity index (χ2v) is 16.0. The number of hydrogen-bond acceptors (Lipinski definition) is 10. The van der Waals surface area contributed by atoms with Gasteiger partial charge in [-0.05, 0) is 69.9 Å². The fourth-order valence-electron chi connectivity index (χ4n) is 5.76. The first-order chi connectivity index (χ1) is 24.1. The number of aryl methyl sites for hydroxylation is 1. The van der Waals surface area contributed by atoms with E-state index in [-0.39, 0.29) is 36.7 Å². The Labute approximate surface area is 305 Å². The number of rotatable bonds is 11. The van der Waals surface area contributed by atoms with Crippen molar-refractivity contribution in [1.82, 2.24) is 14.3 Å². The number of amides is 1. The predicted molar refractivity (Wildman–Crippen MR) is 190 cm³/mol. The third-order valence-corrected chi connectivity index (χ3v) is 11.2. The molecular formula is C35H39ClF2N4O7S2. The van der Waals surface area contributed by atoms with E-state index < -0.39 is 44.0 Å². The van der Waals surface area contributed by atoms with Crippen LogP contribution in [0.1, 0.15) is 50.1 Å². The molecule has 11 nitrogen and oxygen atoms in total. The third kappa shape index (κ3) is 9.00. The number of nitrogens with zero attached hydrogens (tertiary/aromatic N) is 4. The van der Waals surface area contributed by atoms with Crippen LogP contribution in [0.2, 0.25) is 5.02 Å². The molecular weight excluding hydrogens is 726 g/mol. The molecule has 0 radical (unpaired) electrons. The average Bonchev–Trinajstić information content (AvgIpc) is 3.52. The molecule has 0 saturated carbocycles. The van der Waals surface area contributed by atoms with E-state index >= 15 is 8.78 Å². The van der Waals surface area contributed by atoms with Crippen LogP contribution in [0.4, 0.5) is 18.7 Å². The molecule has 1 aromatic heterocycles. The van der Waals surface area contributed by atoms with Crippen LogP contribution in [-0.4, -0.2) is 68.3 Å². The molecule has 1 fully saturated rings. The molecule has 1 aliphatic rings. The van der Waals surface area contributed by atoms with Gasteiger partial charge in [-0.2, -0.15) is 4.37 Å². The first kappa shape index (κ1) is 38.0. The Hall–Kier alpha value is -4.21. The molecule has 0 unspecified atom stereocenters. The maximum atomic E-state index is 15.9. The smallest absolute Gasteiger partial charge is 0.410 e. The van der Waals surface area contributed by atoms with E-state index in [2.05, 4.69) is 9.36 Å². The molecule has 0 N–H and O–H groups in total. The molecule has 4 aromatic rings. The highest BCUT2D eigenvalue weighted by Crippen LogP contribution is 2.37. The molecule has 1 amide bonds. The summed E-state index contributed by atoms with van der Waals surface area (Å²) in [5, 5.41) is 0.513. The number of aromatic nitrogens is 2. The molecule has 1 saturated heterocycles. The predicted octanol–water partition coefficient (Wildman–Crippen LogP) is 7.61. The molecule has 0 aliphatic carbocycles. The first-order valence-corrected chi connectivity index (χ1v) is 18.6. The van der Waals surface area contributed by atoms with Crippen molar-refractivity contribution in [2.45, 2.75) is 57.1 Å². The molecule has 16 heteroatoms. The van der Waals surface area contributed by atoms with E-state index in [0.29, 0.717) is 53.0 Å². The summed E-state index contributed by atoms with van der Waals surface area (Å²) in [7, 11) is -1.86. The van der Waals surface area contributed by atoms with Gasteiger partial charge in [0.1, 0.15) is 33.6 Å². The number of sulfonamides is 1. The van der Waals surface area contributed by atoms with Crippen LogP contribution in [0.3, 0.4) is 0 Å². The Morgan fingerprint density at radius 2 is 1.76 bits per heavy atom. The normalized spacial score (nSPS) is 16.5. The molecule has 3 aromatic carbocycles. The molecule has 0 bridgehead atoms. The summed E-state index contributed by atoms with van der Waals surface area (Å²) in [6, 6.07) is 13.4. The summed E-state index contributed by atoms with van der Waals surface area (Å²) >= 11 is 6.91. The zero-order valence-electron chi connectivity index (χ0n) is 29.0. The topological polar surface area (TPSA) is 120 Å². The van der Waals surface area contributed by atoms with Crippen molar-refractivity contribution in [3.8, 4) is 17.2 Å². The molecule has 1 aliphatic heterocycles. The Morgan fingerprint density at radius 3 is 2.39 bits per heavy atom. The summed E-state index contributed by atoms with van der Waals surface area (Å²) in [6.07, 6.45) is 0.0688. The largest absolute Gasteiger partial charge is 0.497 e. The van der Waals surface area contributed by atoms with Crippen molar-refractivity contribution in [1.29, 1.82) is 0 Å². The number of anilines is 1. The van der Waals surface area contributed by atoms with Crippen LogP contribution in [0.15, 0.2) is 59.5 Å². The number of hydrogen-bond donors (Lipinski definition) is 0. The zero-order chi connectivity index (χ0) is 37.1. The molecule has 0 spiro atoms. The number of carbonyl (C=O) groups excluding carboxylic acids is 1. The second-order valence-electron chi connectivity index (χ2n) is 13.0. The van der Waals surface area contributed by atoms with Crippen molar-refractivity contribution in [2.24, 2.45) is 5.92 Å². The standard InChI is InChI=1S/C35H39ClF2N4O7S2/c1-21-39-33(50-40-21)42(19-23-9-12-26(46-5)15-30(23)47-6)51(44,45)32-17-28(37)31(16-29(32)38)48-20-24-18-41(34(43)49-35(2,3)4)14-13-27(24)22-7-10-25(36)11-8-22/h7-12,15-17,24,27H,13-14,18-20H2,1-6H3/t24-,27-/m1/s1. The maximum Gasteiger partial charge on any atom is 0.410 e. The Morgan fingerprint density at radius 1 is 1.04 bits per heavy atom. The van der Waals surface area contributed by atoms with Gasteiger partial charge in [0.05, 0.1) is 27.4 Å². The highest BCUT2D eigenvalue weighted by atomic mass is 35.5. The van der Waals surface area contributed by atoms with Gasteiger partial charge < -0.3 is 23.8 Å². The van der Waals surface area contributed by atoms with Crippen molar-refractivity contribution in [3.63, 3.8) is 0 Å². The monoisotopic (exact) mass is 764 g/mol. The lowest BCUT2D eigenvalue weighted by Gasteiger charge is -2.39. The zero-order valence-corrected chi connectivity index (χ0v) is 31.4. The molecule has 2 atom stereocenters. The van der Waals surface area contributed by atoms with E-state index in [9.17, 15) is 13.2 Å². The lowest BCUT2D eigenvalue weighted by atomic mass is 9.81. The Balaban J connectivity index is 1.42. The Kier molecular flexibility index (Phi) is 11.6. The number of methoxy groups -OCH3 is 2. The van der Waals surface area contributed by atoms with E-state index in [1.54, 1.807) is 62.9 Å². The minimum atomic E-state index is -4.75. The number of ether oxygens (including phenoxy) is 4. The van der Waals surface area contributed by atoms with Crippen LogP contribution in [0, 0.1) is 24.5 Å². The molecule has 51 heavy (non-hydrogen) atoms. The number of benzene rings is 3. The summed E-state index contributed by atoms with van der Waals surface area (Å²) in [5.41, 5.74) is 0.661. The van der Waals surface area contributed by atoms with E-state index in [1.807, 2.05) is 12.1 Å². The van der Waals surface area contributed by atoms with Crippen LogP contribution in [0.25, 0.3) is 0 Å². The van der Waals surface area contributed by atoms with Crippen molar-refractivity contribution in [2.75, 3.05) is 38.2 Å². The highest BCUT2D eigenvalue weighted by Gasteiger charge is 2.36. The van der Waals surface area contributed by atoms with E-state index in [0.717, 1.165) is 21.4 Å². The molecule has 5 rings (SSSR count). The second kappa shape index (κ2) is 15.6. The first-order valence-electron chi connectivity index (χ1n) is 16.0. The lowest BCUT2D eigenvalue weighted by molar-refractivity contribution is 0.0110. The fourth-order valence-corrected chi connectivity index (χ4v) is 8.21. The van der Waals surface area contributed by atoms with Crippen LogP contribution in [-0.2, 0) is 21.3 Å². The highest BCUT2D eigenvalue weighted by molar-refractivity contribution is 7.93. The lowest BCUT2D eigenvalue weighted by Crippen LogP contribution is -2.46. The summed E-state index contributed by atoms with van der Waals surface area (Å²) < 4.78 is 86.8. The van der Waals surface area contributed by atoms with Gasteiger partial charge in [-0.25, -0.2) is 31.3 Å². The average molecular weight is 765 g/mol. The van der Waals surface area contributed by atoms with E-state index in [1.165, 1.54) is 14.2 Å². The van der Waals surface area contributed by atoms with Gasteiger partial charge in [0.15, 0.2) is 11.6 Å². The summed E-state index contributed by atoms with van der Waals surface area (Å²) in [6.45, 7) is 7.12. The minimum Gasteiger partial charge on any atom is -0.497 e. The van der Waals surface area contributed by atoms with Crippen LogP contribution >= 0.6 is 23.1 Å². The van der Waals surface area contributed by atoms with Crippen molar-refractivity contribution < 1.29 is 40.9 Å². The van der Waals surface area contributed by atoms with Gasteiger partial charge in [0.2, 0.25) is 5.13 Å². The van der Waals surface area contributed by atoms with E-state index in [4.69, 9.17) is 30.5 Å². The summed E-state index contributed by atoms with van der Waals surface area (Å²) in [5.74, 6) is -2.16. The van der Waals surface area contributed by atoms with Gasteiger partial charge in [-0.1, -0.05) is 23.7 Å². The van der Waals surface area contributed by atoms with Crippen molar-refractivity contribution in [3.05, 3.63) is 88.2 Å². The van der Waals surface area contributed by atoms with Gasteiger partial charge in [0, 0.05) is 59.3 Å². The third-order valence-electron chi connectivity index (χ3n) is 8.23. The minimum absolute atomic E-state index is 0.0504. The summed E-state index contributed by atoms with van der Waals surface area (Å²) in [4.78, 5) is 17.8. The van der Waals surface area contributed by atoms with Crippen molar-refractivity contribution >= 4 is 44.4 Å². The number of piperidine rings is 1. The van der Waals surface area contributed by atoms with Crippen LogP contribution in [0.5, 0.6) is 17.2 Å². The van der Waals surface area contributed by atoms with Gasteiger partial charge >= 0.3 is 6.09 Å². The molecule has 274 valence electrons. The SMILES string of the molecule is COc1ccc(CN(c2nc(C)ns2)S(=O)(=O)c2cc(F)c(OC[C@H]3CN(C(=O)OC(C)(C)C)CC[C@@H]3c3ccc(Cl)cc3)cc2F)c(OC)c1. The van der Waals surface area contributed by atoms with Gasteiger partial charge in [-0.15, -0.1) is 0 Å². The maximum absolute atomic E-state index is 15.9. The fraction of sp³-hybridized carbons (Fsp3) is 0.400. The number of likely N-dealkylation sites (tertiary alicyclic amines) is 1. The Bertz CT molecular complexity index is 1970.